The van der Waals surface area contributed by atoms with Gasteiger partial charge in [-0.25, -0.2) is 4.39 Å². The van der Waals surface area contributed by atoms with Crippen LogP contribution in [0.4, 0.5) is 4.39 Å². The Bertz CT molecular complexity index is 1150. The number of halogens is 1. The van der Waals surface area contributed by atoms with E-state index in [1.807, 2.05) is 43.3 Å². The standard InChI is InChI=1S/C21H17FN2O2.K/c1-13-17(11-16-8-6-14-4-2-3-5-19(14)23-16)18-10-15(22)7-9-20(18)24(13)12-21(25)26;/h2-10H,11-12H2,1H3,(H,25,26);/q;+1/p-1. The maximum atomic E-state index is 13.8. The van der Waals surface area contributed by atoms with E-state index in [1.165, 1.54) is 12.1 Å². The van der Waals surface area contributed by atoms with Crippen molar-refractivity contribution in [2.45, 2.75) is 19.9 Å². The van der Waals surface area contributed by atoms with Crippen molar-refractivity contribution in [3.05, 3.63) is 77.4 Å². The van der Waals surface area contributed by atoms with Gasteiger partial charge in [-0.15, -0.1) is 0 Å². The van der Waals surface area contributed by atoms with Gasteiger partial charge in [0.15, 0.2) is 0 Å². The molecule has 0 aliphatic carbocycles. The number of aliphatic carboxylic acids is 1. The van der Waals surface area contributed by atoms with Gasteiger partial charge >= 0.3 is 51.4 Å². The van der Waals surface area contributed by atoms with Gasteiger partial charge in [0.2, 0.25) is 0 Å². The van der Waals surface area contributed by atoms with Crippen LogP contribution >= 0.6 is 0 Å². The Morgan fingerprint density at radius 1 is 1.15 bits per heavy atom. The average molecular weight is 386 g/mol. The molecule has 0 saturated heterocycles. The van der Waals surface area contributed by atoms with Gasteiger partial charge < -0.3 is 14.5 Å². The molecule has 0 N–H and O–H groups in total. The third-order valence-electron chi connectivity index (χ3n) is 4.72. The topological polar surface area (TPSA) is 58.0 Å². The van der Waals surface area contributed by atoms with E-state index >= 15 is 0 Å². The van der Waals surface area contributed by atoms with Gasteiger partial charge in [0, 0.05) is 34.1 Å². The molecule has 6 heteroatoms. The minimum absolute atomic E-state index is 0. The Kier molecular flexibility index (Phi) is 6.13. The van der Waals surface area contributed by atoms with Gasteiger partial charge in [0.05, 0.1) is 18.0 Å². The average Bonchev–Trinajstić information content (AvgIpc) is 2.86. The summed E-state index contributed by atoms with van der Waals surface area (Å²) in [4.78, 5) is 15.8. The molecule has 0 aliphatic heterocycles. The molecule has 0 spiro atoms. The van der Waals surface area contributed by atoms with Crippen molar-refractivity contribution in [3.8, 4) is 0 Å². The Labute approximate surface area is 198 Å². The largest absolute Gasteiger partial charge is 1.00 e. The van der Waals surface area contributed by atoms with Crippen molar-refractivity contribution in [1.82, 2.24) is 9.55 Å². The predicted molar refractivity (Wildman–Crippen MR) is 96.2 cm³/mol. The SMILES string of the molecule is Cc1c(Cc2ccc3ccccc3n2)c2cc(F)ccc2n1CC(=O)[O-].[K+]. The molecule has 0 saturated carbocycles. The molecular weight excluding hydrogens is 370 g/mol. The van der Waals surface area contributed by atoms with E-state index in [1.54, 1.807) is 10.6 Å². The number of hydrogen-bond donors (Lipinski definition) is 0. The van der Waals surface area contributed by atoms with E-state index in [0.29, 0.717) is 17.3 Å². The fourth-order valence-electron chi connectivity index (χ4n) is 3.47. The molecule has 0 aliphatic rings. The van der Waals surface area contributed by atoms with Crippen LogP contribution in [0.5, 0.6) is 0 Å². The summed E-state index contributed by atoms with van der Waals surface area (Å²) in [6.45, 7) is 1.58. The zero-order valence-corrected chi connectivity index (χ0v) is 18.3. The first-order valence-corrected chi connectivity index (χ1v) is 8.34. The van der Waals surface area contributed by atoms with Gasteiger partial charge in [-0.3, -0.25) is 4.98 Å². The van der Waals surface area contributed by atoms with Crippen LogP contribution < -0.4 is 56.5 Å². The summed E-state index contributed by atoms with van der Waals surface area (Å²) >= 11 is 0. The predicted octanol–water partition coefficient (Wildman–Crippen LogP) is -0.0183. The first kappa shape index (κ1) is 20.2. The number of aromatic nitrogens is 2. The van der Waals surface area contributed by atoms with E-state index in [-0.39, 0.29) is 63.7 Å². The fourth-order valence-corrected chi connectivity index (χ4v) is 3.47. The quantitative estimate of drug-likeness (QED) is 0.464. The Hall–Kier alpha value is -1.57. The zero-order chi connectivity index (χ0) is 18.3. The molecule has 0 unspecified atom stereocenters. The van der Waals surface area contributed by atoms with Crippen molar-refractivity contribution in [3.63, 3.8) is 0 Å². The van der Waals surface area contributed by atoms with Crippen LogP contribution in [0.15, 0.2) is 54.6 Å². The zero-order valence-electron chi connectivity index (χ0n) is 15.2. The number of fused-ring (bicyclic) bond motifs is 2. The van der Waals surface area contributed by atoms with Crippen LogP contribution in [0, 0.1) is 12.7 Å². The summed E-state index contributed by atoms with van der Waals surface area (Å²) in [5.41, 5.74) is 4.09. The summed E-state index contributed by atoms with van der Waals surface area (Å²) in [6.07, 6.45) is 0.497. The van der Waals surface area contributed by atoms with Crippen LogP contribution in [0.1, 0.15) is 17.0 Å². The minimum Gasteiger partial charge on any atom is -0.548 e. The Morgan fingerprint density at radius 3 is 2.70 bits per heavy atom. The van der Waals surface area contributed by atoms with Gasteiger partial charge in [-0.05, 0) is 42.8 Å². The van der Waals surface area contributed by atoms with Crippen molar-refractivity contribution in [2.75, 3.05) is 0 Å². The smallest absolute Gasteiger partial charge is 0.548 e. The molecule has 0 fully saturated rings. The van der Waals surface area contributed by atoms with Crippen molar-refractivity contribution in [1.29, 1.82) is 0 Å². The third-order valence-corrected chi connectivity index (χ3v) is 4.72. The number of carbonyl (C=O) groups is 1. The normalized spacial score (nSPS) is 10.9. The van der Waals surface area contributed by atoms with E-state index in [4.69, 9.17) is 0 Å². The van der Waals surface area contributed by atoms with Gasteiger partial charge in [-0.2, -0.15) is 0 Å². The fraction of sp³-hybridized carbons (Fsp3) is 0.143. The number of pyridine rings is 1. The Balaban J connectivity index is 0.00000210. The third kappa shape index (κ3) is 4.00. The van der Waals surface area contributed by atoms with Crippen molar-refractivity contribution in [2.24, 2.45) is 0 Å². The summed E-state index contributed by atoms with van der Waals surface area (Å²) in [5, 5.41) is 12.9. The van der Waals surface area contributed by atoms with E-state index in [9.17, 15) is 14.3 Å². The summed E-state index contributed by atoms with van der Waals surface area (Å²) in [5.74, 6) is -1.53. The molecule has 0 amide bonds. The minimum atomic E-state index is -1.18. The number of rotatable bonds is 4. The van der Waals surface area contributed by atoms with Crippen LogP contribution in [0.3, 0.4) is 0 Å². The van der Waals surface area contributed by atoms with E-state index in [2.05, 4.69) is 4.98 Å². The summed E-state index contributed by atoms with van der Waals surface area (Å²) in [7, 11) is 0. The number of carboxylic acid groups (broad SMARTS) is 1. The second-order valence-electron chi connectivity index (χ2n) is 6.36. The van der Waals surface area contributed by atoms with Crippen molar-refractivity contribution >= 4 is 27.8 Å². The number of benzene rings is 2. The van der Waals surface area contributed by atoms with Crippen LogP contribution in [-0.2, 0) is 17.8 Å². The molecule has 2 aromatic carbocycles. The molecule has 4 rings (SSSR count). The second-order valence-corrected chi connectivity index (χ2v) is 6.36. The number of nitrogens with zero attached hydrogens (tertiary/aromatic N) is 2. The molecule has 0 atom stereocenters. The summed E-state index contributed by atoms with van der Waals surface area (Å²) < 4.78 is 15.5. The second kappa shape index (κ2) is 8.20. The van der Waals surface area contributed by atoms with Crippen LogP contribution in [0.25, 0.3) is 21.8 Å². The summed E-state index contributed by atoms with van der Waals surface area (Å²) in [6, 6.07) is 16.2. The number of carboxylic acids is 1. The van der Waals surface area contributed by atoms with E-state index < -0.39 is 5.97 Å². The first-order chi connectivity index (χ1) is 12.5. The molecule has 0 bridgehead atoms. The monoisotopic (exact) mass is 386 g/mol. The number of hydrogen-bond acceptors (Lipinski definition) is 3. The molecule has 130 valence electrons. The molecular formula is C21H16FKN2O2. The van der Waals surface area contributed by atoms with Gasteiger partial charge in [0.25, 0.3) is 0 Å². The van der Waals surface area contributed by atoms with Crippen LogP contribution in [-0.4, -0.2) is 15.5 Å². The van der Waals surface area contributed by atoms with Gasteiger partial charge in [-0.1, -0.05) is 24.3 Å². The van der Waals surface area contributed by atoms with Gasteiger partial charge in [0.1, 0.15) is 5.82 Å². The first-order valence-electron chi connectivity index (χ1n) is 8.34. The molecule has 2 heterocycles. The number of carbonyl (C=O) groups excluding carboxylic acids is 1. The molecule has 0 radical (unpaired) electrons. The van der Waals surface area contributed by atoms with Crippen LogP contribution in [0.2, 0.25) is 0 Å². The molecule has 2 aromatic heterocycles. The molecule has 4 aromatic rings. The molecule has 27 heavy (non-hydrogen) atoms. The Morgan fingerprint density at radius 2 is 1.93 bits per heavy atom. The maximum Gasteiger partial charge on any atom is 1.00 e. The maximum absolute atomic E-state index is 13.8. The van der Waals surface area contributed by atoms with Crippen molar-refractivity contribution < 1.29 is 65.7 Å². The van der Waals surface area contributed by atoms with E-state index in [0.717, 1.165) is 27.9 Å². The number of para-hydroxylation sites is 1. The molecule has 4 nitrogen and oxygen atoms in total.